The maximum Gasteiger partial charge on any atom is 0.417 e. The maximum absolute atomic E-state index is 12.5. The van der Waals surface area contributed by atoms with Crippen LogP contribution in [0.25, 0.3) is 10.1 Å². The molecule has 3 aromatic rings. The summed E-state index contributed by atoms with van der Waals surface area (Å²) < 4.78 is 12.2. The number of hydrogen-bond donors (Lipinski definition) is 2. The van der Waals surface area contributed by atoms with Crippen molar-refractivity contribution >= 4 is 32.5 Å². The van der Waals surface area contributed by atoms with Crippen LogP contribution >= 0.6 is 11.3 Å². The molecule has 0 spiro atoms. The number of carbonyl (C=O) groups is 1. The molecule has 1 aromatic heterocycles. The molecular formula is C24H28N2O3S. The van der Waals surface area contributed by atoms with Gasteiger partial charge in [-0.05, 0) is 55.7 Å². The Kier molecular flexibility index (Phi) is 7.00. The second-order valence-electron chi connectivity index (χ2n) is 7.84. The van der Waals surface area contributed by atoms with E-state index in [1.807, 2.05) is 54.6 Å². The lowest BCUT2D eigenvalue weighted by atomic mass is 9.93. The molecule has 4 rings (SSSR count). The molecule has 0 bridgehead atoms. The molecule has 0 radical (unpaired) electrons. The number of benzene rings is 2. The lowest BCUT2D eigenvalue weighted by Gasteiger charge is -2.25. The van der Waals surface area contributed by atoms with Gasteiger partial charge in [0.1, 0.15) is 5.75 Å². The van der Waals surface area contributed by atoms with E-state index in [1.165, 1.54) is 11.3 Å². The monoisotopic (exact) mass is 424 g/mol. The fourth-order valence-corrected chi connectivity index (χ4v) is 4.82. The van der Waals surface area contributed by atoms with Crippen LogP contribution in [0.5, 0.6) is 5.75 Å². The minimum Gasteiger partial charge on any atom is -0.410 e. The molecule has 1 atom stereocenters. The highest BCUT2D eigenvalue weighted by molar-refractivity contribution is 7.22. The van der Waals surface area contributed by atoms with Gasteiger partial charge in [0.15, 0.2) is 0 Å². The lowest BCUT2D eigenvalue weighted by molar-refractivity contribution is 0.0611. The zero-order valence-electron chi connectivity index (χ0n) is 17.2. The molecule has 0 saturated carbocycles. The molecule has 1 aliphatic heterocycles. The standard InChI is InChI=1S/C24H28N2O3S/c1-17(14-18-10-12-28-13-11-18)25-16-20-7-2-4-8-21(20)29-24(27)26-23-15-19-6-3-5-9-22(19)30-23/h2-9,15,17-18,25H,10-14,16H2,1H3,(H,26,27). The first-order valence-corrected chi connectivity index (χ1v) is 11.4. The molecule has 2 N–H and O–H groups in total. The number of ether oxygens (including phenoxy) is 2. The highest BCUT2D eigenvalue weighted by Crippen LogP contribution is 2.30. The number of nitrogens with one attached hydrogen (secondary N) is 2. The van der Waals surface area contributed by atoms with Gasteiger partial charge in [-0.25, -0.2) is 4.79 Å². The number of fused-ring (bicyclic) bond motifs is 1. The smallest absolute Gasteiger partial charge is 0.410 e. The van der Waals surface area contributed by atoms with Crippen LogP contribution < -0.4 is 15.4 Å². The summed E-state index contributed by atoms with van der Waals surface area (Å²) in [7, 11) is 0. The predicted octanol–water partition coefficient (Wildman–Crippen LogP) is 5.81. The molecule has 1 fully saturated rings. The Hall–Kier alpha value is -2.41. The average molecular weight is 425 g/mol. The van der Waals surface area contributed by atoms with E-state index in [4.69, 9.17) is 9.47 Å². The minimum atomic E-state index is -0.468. The Morgan fingerprint density at radius 3 is 2.77 bits per heavy atom. The van der Waals surface area contributed by atoms with Crippen molar-refractivity contribution in [1.29, 1.82) is 0 Å². The molecular weight excluding hydrogens is 396 g/mol. The van der Waals surface area contributed by atoms with Crippen molar-refractivity contribution in [2.45, 2.75) is 38.8 Å². The Morgan fingerprint density at radius 2 is 1.93 bits per heavy atom. The van der Waals surface area contributed by atoms with Gasteiger partial charge >= 0.3 is 6.09 Å². The van der Waals surface area contributed by atoms with Gasteiger partial charge in [0.25, 0.3) is 0 Å². The van der Waals surface area contributed by atoms with Crippen LogP contribution in [0, 0.1) is 5.92 Å². The van der Waals surface area contributed by atoms with Crippen molar-refractivity contribution in [1.82, 2.24) is 5.32 Å². The molecule has 2 heterocycles. The summed E-state index contributed by atoms with van der Waals surface area (Å²) >= 11 is 1.54. The zero-order chi connectivity index (χ0) is 20.8. The van der Waals surface area contributed by atoms with Crippen molar-refractivity contribution in [3.05, 3.63) is 60.2 Å². The molecule has 1 unspecified atom stereocenters. The number of carbonyl (C=O) groups excluding carboxylic acids is 1. The fraction of sp³-hybridized carbons (Fsp3) is 0.375. The summed E-state index contributed by atoms with van der Waals surface area (Å²) in [6, 6.07) is 18.1. The van der Waals surface area contributed by atoms with Gasteiger partial charge in [0, 0.05) is 36.1 Å². The Labute approximate surface area is 181 Å². The summed E-state index contributed by atoms with van der Waals surface area (Å²) in [5, 5.41) is 8.32. The number of anilines is 1. The molecule has 0 aliphatic carbocycles. The highest BCUT2D eigenvalue weighted by Gasteiger charge is 2.17. The first kappa shape index (κ1) is 20.8. The van der Waals surface area contributed by atoms with Gasteiger partial charge in [0.05, 0.1) is 5.00 Å². The van der Waals surface area contributed by atoms with Crippen LogP contribution in [0.15, 0.2) is 54.6 Å². The van der Waals surface area contributed by atoms with Gasteiger partial charge in [0.2, 0.25) is 0 Å². The summed E-state index contributed by atoms with van der Waals surface area (Å²) in [6.07, 6.45) is 2.95. The SMILES string of the molecule is CC(CC1CCOCC1)NCc1ccccc1OC(=O)Nc1cc2ccccc2s1. The van der Waals surface area contributed by atoms with Crippen molar-refractivity contribution < 1.29 is 14.3 Å². The van der Waals surface area contributed by atoms with Gasteiger partial charge in [-0.3, -0.25) is 5.32 Å². The second kappa shape index (κ2) is 10.1. The molecule has 1 saturated heterocycles. The maximum atomic E-state index is 12.5. The van der Waals surface area contributed by atoms with Crippen LogP contribution in [0.1, 0.15) is 31.7 Å². The molecule has 158 valence electrons. The second-order valence-corrected chi connectivity index (χ2v) is 8.93. The molecule has 2 aromatic carbocycles. The third-order valence-corrected chi connectivity index (χ3v) is 6.53. The largest absolute Gasteiger partial charge is 0.417 e. The van der Waals surface area contributed by atoms with Crippen LogP contribution in [-0.2, 0) is 11.3 Å². The van der Waals surface area contributed by atoms with E-state index in [9.17, 15) is 4.79 Å². The summed E-state index contributed by atoms with van der Waals surface area (Å²) in [4.78, 5) is 12.5. The Morgan fingerprint density at radius 1 is 1.17 bits per heavy atom. The minimum absolute atomic E-state index is 0.397. The van der Waals surface area contributed by atoms with Crippen molar-refractivity contribution in [2.24, 2.45) is 5.92 Å². The lowest BCUT2D eigenvalue weighted by Crippen LogP contribution is -2.30. The normalized spacial score (nSPS) is 15.8. The van der Waals surface area contributed by atoms with Gasteiger partial charge in [-0.1, -0.05) is 36.4 Å². The van der Waals surface area contributed by atoms with Crippen LogP contribution in [-0.4, -0.2) is 25.3 Å². The molecule has 1 amide bonds. The first-order chi connectivity index (χ1) is 14.7. The predicted molar refractivity (Wildman–Crippen MR) is 122 cm³/mol. The molecule has 5 nitrogen and oxygen atoms in total. The number of thiophene rings is 1. The average Bonchev–Trinajstić information content (AvgIpc) is 3.16. The summed E-state index contributed by atoms with van der Waals surface area (Å²) in [5.41, 5.74) is 0.975. The van der Waals surface area contributed by atoms with Gasteiger partial charge < -0.3 is 14.8 Å². The van der Waals surface area contributed by atoms with Crippen LogP contribution in [0.3, 0.4) is 0 Å². The zero-order valence-corrected chi connectivity index (χ0v) is 18.0. The van der Waals surface area contributed by atoms with E-state index >= 15 is 0 Å². The van der Waals surface area contributed by atoms with E-state index in [0.29, 0.717) is 18.3 Å². The van der Waals surface area contributed by atoms with Crippen molar-refractivity contribution in [2.75, 3.05) is 18.5 Å². The third kappa shape index (κ3) is 5.59. The Bertz CT molecular complexity index is 948. The third-order valence-electron chi connectivity index (χ3n) is 5.49. The molecule has 30 heavy (non-hydrogen) atoms. The number of hydrogen-bond acceptors (Lipinski definition) is 5. The van der Waals surface area contributed by atoms with E-state index < -0.39 is 6.09 Å². The van der Waals surface area contributed by atoms with E-state index in [0.717, 1.165) is 59.0 Å². The summed E-state index contributed by atoms with van der Waals surface area (Å²) in [6.45, 7) is 4.63. The van der Waals surface area contributed by atoms with Gasteiger partial charge in [-0.15, -0.1) is 11.3 Å². The van der Waals surface area contributed by atoms with Crippen LogP contribution in [0.2, 0.25) is 0 Å². The van der Waals surface area contributed by atoms with Crippen molar-refractivity contribution in [3.8, 4) is 5.75 Å². The highest BCUT2D eigenvalue weighted by atomic mass is 32.1. The van der Waals surface area contributed by atoms with E-state index in [2.05, 4.69) is 17.6 Å². The van der Waals surface area contributed by atoms with Crippen molar-refractivity contribution in [3.63, 3.8) is 0 Å². The van der Waals surface area contributed by atoms with E-state index in [-0.39, 0.29) is 0 Å². The quantitative estimate of drug-likeness (QED) is 0.503. The number of para-hydroxylation sites is 1. The summed E-state index contributed by atoms with van der Waals surface area (Å²) in [5.74, 6) is 1.31. The molecule has 6 heteroatoms. The number of amides is 1. The number of rotatable bonds is 7. The van der Waals surface area contributed by atoms with Crippen LogP contribution in [0.4, 0.5) is 9.80 Å². The van der Waals surface area contributed by atoms with E-state index in [1.54, 1.807) is 0 Å². The van der Waals surface area contributed by atoms with Gasteiger partial charge in [-0.2, -0.15) is 0 Å². The Balaban J connectivity index is 1.32. The topological polar surface area (TPSA) is 59.6 Å². The molecule has 1 aliphatic rings. The first-order valence-electron chi connectivity index (χ1n) is 10.5. The fourth-order valence-electron chi connectivity index (χ4n) is 3.87.